The van der Waals surface area contributed by atoms with Crippen LogP contribution in [0, 0.1) is 6.92 Å². The molecule has 0 fully saturated rings. The van der Waals surface area contributed by atoms with Crippen LogP contribution in [0.15, 0.2) is 24.3 Å². The molecule has 15 heavy (non-hydrogen) atoms. The lowest BCUT2D eigenvalue weighted by atomic mass is 10.2. The molecule has 0 aliphatic carbocycles. The van der Waals surface area contributed by atoms with Gasteiger partial charge in [-0.25, -0.2) is 4.90 Å². The van der Waals surface area contributed by atoms with Crippen molar-refractivity contribution >= 4 is 0 Å². The summed E-state index contributed by atoms with van der Waals surface area (Å²) in [4.78, 5) is 1.66. The molecule has 0 aromatic heterocycles. The third-order valence-corrected chi connectivity index (χ3v) is 2.46. The molecule has 0 aliphatic heterocycles. The fourth-order valence-electron chi connectivity index (χ4n) is 1.27. The molecule has 0 amide bonds. The normalized spacial score (nSPS) is 15.1. The van der Waals surface area contributed by atoms with Gasteiger partial charge in [0.1, 0.15) is 5.75 Å². The molecule has 3 heteroatoms. The van der Waals surface area contributed by atoms with Crippen molar-refractivity contribution < 1.29 is 9.84 Å². The van der Waals surface area contributed by atoms with E-state index in [0.29, 0.717) is 12.2 Å². The molecule has 84 valence electrons. The van der Waals surface area contributed by atoms with Gasteiger partial charge in [0.15, 0.2) is 0 Å². The Morgan fingerprint density at radius 2 is 1.80 bits per heavy atom. The van der Waals surface area contributed by atoms with Gasteiger partial charge in [0, 0.05) is 6.42 Å². The fraction of sp³-hybridized carbons (Fsp3) is 0.500. The van der Waals surface area contributed by atoms with Crippen LogP contribution in [0.5, 0.6) is 5.75 Å². The Morgan fingerprint density at radius 1 is 1.27 bits per heavy atom. The van der Waals surface area contributed by atoms with E-state index in [4.69, 9.17) is 4.74 Å². The molecule has 1 aromatic carbocycles. The van der Waals surface area contributed by atoms with E-state index < -0.39 is 5.91 Å². The third-order valence-electron chi connectivity index (χ3n) is 2.46. The molecule has 0 radical (unpaired) electrons. The van der Waals surface area contributed by atoms with E-state index in [1.807, 2.05) is 38.1 Å². The van der Waals surface area contributed by atoms with E-state index in [2.05, 4.69) is 0 Å². The van der Waals surface area contributed by atoms with Crippen LogP contribution < -0.4 is 4.74 Å². The summed E-state index contributed by atoms with van der Waals surface area (Å²) in [6, 6.07) is 7.64. The summed E-state index contributed by atoms with van der Waals surface area (Å²) in [5, 5.41) is 10.1. The number of hydrogen-bond acceptors (Lipinski definition) is 3. The zero-order valence-electron chi connectivity index (χ0n) is 9.82. The molecule has 3 nitrogen and oxygen atoms in total. The predicted octanol–water partition coefficient (Wildman–Crippen LogP) is 1.99. The number of nitrogens with zero attached hydrogens (tertiary/aromatic N) is 1. The van der Waals surface area contributed by atoms with Gasteiger partial charge >= 0.3 is 0 Å². The van der Waals surface area contributed by atoms with Crippen molar-refractivity contribution in [3.8, 4) is 5.75 Å². The number of ether oxygens (including phenoxy) is 1. The number of rotatable bonds is 4. The zero-order valence-corrected chi connectivity index (χ0v) is 9.82. The van der Waals surface area contributed by atoms with Gasteiger partial charge in [-0.2, -0.15) is 0 Å². The van der Waals surface area contributed by atoms with Crippen molar-refractivity contribution in [3.63, 3.8) is 0 Å². The average molecular weight is 209 g/mol. The minimum Gasteiger partial charge on any atom is -0.449 e. The first kappa shape index (κ1) is 12.0. The highest BCUT2D eigenvalue weighted by Crippen LogP contribution is 2.21. The summed E-state index contributed by atoms with van der Waals surface area (Å²) in [5.74, 6) is -0.548. The molecule has 0 spiro atoms. The standard InChI is InChI=1S/C12H19NO2/c1-5-12(14,13(3)4)15-11-8-6-10(2)7-9-11/h6-9,14H,5H2,1-4H3. The molecule has 0 bridgehead atoms. The van der Waals surface area contributed by atoms with Gasteiger partial charge in [-0.05, 0) is 33.2 Å². The molecule has 1 unspecified atom stereocenters. The maximum Gasteiger partial charge on any atom is 0.269 e. The average Bonchev–Trinajstić information content (AvgIpc) is 2.21. The Labute approximate surface area is 91.3 Å². The van der Waals surface area contributed by atoms with Crippen molar-refractivity contribution in [2.24, 2.45) is 0 Å². The number of aryl methyl sites for hydroxylation is 1. The van der Waals surface area contributed by atoms with Crippen LogP contribution in [-0.4, -0.2) is 30.0 Å². The smallest absolute Gasteiger partial charge is 0.269 e. The maximum absolute atomic E-state index is 10.1. The predicted molar refractivity (Wildman–Crippen MR) is 60.7 cm³/mol. The Kier molecular flexibility index (Phi) is 3.72. The Bertz CT molecular complexity index is 308. The van der Waals surface area contributed by atoms with E-state index in [1.54, 1.807) is 19.0 Å². The van der Waals surface area contributed by atoms with Gasteiger partial charge in [-0.3, -0.25) is 0 Å². The lowest BCUT2D eigenvalue weighted by Gasteiger charge is -2.33. The molecular formula is C12H19NO2. The largest absolute Gasteiger partial charge is 0.449 e. The van der Waals surface area contributed by atoms with Crippen molar-refractivity contribution in [3.05, 3.63) is 29.8 Å². The van der Waals surface area contributed by atoms with Gasteiger partial charge < -0.3 is 9.84 Å². The van der Waals surface area contributed by atoms with Gasteiger partial charge in [-0.1, -0.05) is 24.6 Å². The second kappa shape index (κ2) is 4.64. The van der Waals surface area contributed by atoms with Crippen molar-refractivity contribution in [1.29, 1.82) is 0 Å². The maximum atomic E-state index is 10.1. The number of benzene rings is 1. The quantitative estimate of drug-likeness (QED) is 0.770. The highest BCUT2D eigenvalue weighted by molar-refractivity contribution is 5.26. The van der Waals surface area contributed by atoms with Crippen molar-refractivity contribution in [1.82, 2.24) is 4.90 Å². The van der Waals surface area contributed by atoms with Crippen LogP contribution in [0.3, 0.4) is 0 Å². The van der Waals surface area contributed by atoms with Gasteiger partial charge in [-0.15, -0.1) is 0 Å². The Morgan fingerprint density at radius 3 is 2.20 bits per heavy atom. The lowest BCUT2D eigenvalue weighted by molar-refractivity contribution is -0.229. The molecule has 1 N–H and O–H groups in total. The summed E-state index contributed by atoms with van der Waals surface area (Å²) < 4.78 is 5.55. The molecule has 0 heterocycles. The monoisotopic (exact) mass is 209 g/mol. The van der Waals surface area contributed by atoms with E-state index in [0.717, 1.165) is 0 Å². The van der Waals surface area contributed by atoms with Crippen LogP contribution in [-0.2, 0) is 0 Å². The van der Waals surface area contributed by atoms with E-state index >= 15 is 0 Å². The molecule has 1 rings (SSSR count). The molecule has 0 saturated carbocycles. The lowest BCUT2D eigenvalue weighted by Crippen LogP contribution is -2.48. The second-order valence-electron chi connectivity index (χ2n) is 3.91. The first-order valence-electron chi connectivity index (χ1n) is 5.13. The summed E-state index contributed by atoms with van der Waals surface area (Å²) in [6.07, 6.45) is 0.508. The highest BCUT2D eigenvalue weighted by Gasteiger charge is 2.29. The Balaban J connectivity index is 2.79. The van der Waals surface area contributed by atoms with Crippen molar-refractivity contribution in [2.75, 3.05) is 14.1 Å². The minimum absolute atomic E-state index is 0.508. The highest BCUT2D eigenvalue weighted by atomic mass is 16.6. The van der Waals surface area contributed by atoms with E-state index in [-0.39, 0.29) is 0 Å². The fourth-order valence-corrected chi connectivity index (χ4v) is 1.27. The third kappa shape index (κ3) is 2.94. The van der Waals surface area contributed by atoms with E-state index in [9.17, 15) is 5.11 Å². The summed E-state index contributed by atoms with van der Waals surface area (Å²) in [7, 11) is 3.58. The second-order valence-corrected chi connectivity index (χ2v) is 3.91. The van der Waals surface area contributed by atoms with Crippen LogP contribution in [0.4, 0.5) is 0 Å². The SMILES string of the molecule is CCC(O)(Oc1ccc(C)cc1)N(C)C. The number of hydrogen-bond donors (Lipinski definition) is 1. The summed E-state index contributed by atoms with van der Waals surface area (Å²) in [6.45, 7) is 3.90. The summed E-state index contributed by atoms with van der Waals surface area (Å²) >= 11 is 0. The molecular weight excluding hydrogens is 190 g/mol. The van der Waals surface area contributed by atoms with Crippen LogP contribution in [0.25, 0.3) is 0 Å². The molecule has 0 saturated heterocycles. The summed E-state index contributed by atoms with van der Waals surface area (Å²) in [5.41, 5.74) is 1.17. The van der Waals surface area contributed by atoms with Crippen LogP contribution in [0.2, 0.25) is 0 Å². The van der Waals surface area contributed by atoms with Gasteiger partial charge in [0.25, 0.3) is 5.91 Å². The zero-order chi connectivity index (χ0) is 11.5. The molecule has 1 aromatic rings. The topological polar surface area (TPSA) is 32.7 Å². The first-order valence-corrected chi connectivity index (χ1v) is 5.13. The first-order chi connectivity index (χ1) is 6.98. The minimum atomic E-state index is -1.23. The van der Waals surface area contributed by atoms with Gasteiger partial charge in [0.2, 0.25) is 0 Å². The molecule has 1 atom stereocenters. The Hall–Kier alpha value is -1.06. The number of aliphatic hydroxyl groups is 1. The van der Waals surface area contributed by atoms with Crippen molar-refractivity contribution in [2.45, 2.75) is 26.2 Å². The molecule has 0 aliphatic rings. The van der Waals surface area contributed by atoms with Gasteiger partial charge in [0.05, 0.1) is 0 Å². The van der Waals surface area contributed by atoms with Crippen LogP contribution >= 0.6 is 0 Å². The van der Waals surface area contributed by atoms with E-state index in [1.165, 1.54) is 5.56 Å². The van der Waals surface area contributed by atoms with Crippen LogP contribution in [0.1, 0.15) is 18.9 Å².